The Bertz CT molecular complexity index is 722. The zero-order valence-corrected chi connectivity index (χ0v) is 10.1. The summed E-state index contributed by atoms with van der Waals surface area (Å²) in [5.74, 6) is 0.451. The quantitative estimate of drug-likeness (QED) is 0.827. The van der Waals surface area contributed by atoms with Crippen LogP contribution in [0.4, 0.5) is 5.82 Å². The summed E-state index contributed by atoms with van der Waals surface area (Å²) in [5, 5.41) is 4.02. The van der Waals surface area contributed by atoms with Gasteiger partial charge in [-0.3, -0.25) is 0 Å². The topological polar surface area (TPSA) is 61.1 Å². The smallest absolute Gasteiger partial charge is 0.208 e. The number of pyridine rings is 1. The SMILES string of the molecule is O=S(=O)(C1=C[N]c2ncccc21)c1ccccc1. The van der Waals surface area contributed by atoms with Crippen molar-refractivity contribution in [1.29, 1.82) is 0 Å². The van der Waals surface area contributed by atoms with Crippen LogP contribution in [0.1, 0.15) is 5.56 Å². The van der Waals surface area contributed by atoms with Gasteiger partial charge >= 0.3 is 0 Å². The fourth-order valence-corrected chi connectivity index (χ4v) is 3.23. The van der Waals surface area contributed by atoms with Gasteiger partial charge in [-0.05, 0) is 24.3 Å². The summed E-state index contributed by atoms with van der Waals surface area (Å²) >= 11 is 0. The lowest BCUT2D eigenvalue weighted by molar-refractivity contribution is 0.606. The van der Waals surface area contributed by atoms with Crippen LogP contribution in [-0.2, 0) is 9.84 Å². The maximum absolute atomic E-state index is 12.4. The molecule has 0 spiro atoms. The van der Waals surface area contributed by atoms with Gasteiger partial charge in [-0.25, -0.2) is 18.7 Å². The van der Waals surface area contributed by atoms with Gasteiger partial charge in [0.15, 0.2) is 5.82 Å². The molecular weight excluding hydrogens is 248 g/mol. The molecule has 0 N–H and O–H groups in total. The third-order valence-electron chi connectivity index (χ3n) is 2.70. The number of benzene rings is 1. The van der Waals surface area contributed by atoms with E-state index in [2.05, 4.69) is 10.3 Å². The normalized spacial score (nSPS) is 13.7. The number of hydrogen-bond donors (Lipinski definition) is 0. The number of nitrogens with zero attached hydrogens (tertiary/aromatic N) is 2. The molecule has 1 aromatic heterocycles. The second-order valence-electron chi connectivity index (χ2n) is 3.81. The first kappa shape index (κ1) is 11.0. The van der Waals surface area contributed by atoms with Crippen LogP contribution in [0.3, 0.4) is 0 Å². The van der Waals surface area contributed by atoms with Crippen LogP contribution in [0.5, 0.6) is 0 Å². The molecule has 3 rings (SSSR count). The van der Waals surface area contributed by atoms with Crippen LogP contribution in [0.15, 0.2) is 59.8 Å². The van der Waals surface area contributed by atoms with Crippen molar-refractivity contribution in [2.45, 2.75) is 4.90 Å². The summed E-state index contributed by atoms with van der Waals surface area (Å²) < 4.78 is 24.9. The van der Waals surface area contributed by atoms with Gasteiger partial charge in [0.1, 0.15) is 4.91 Å². The van der Waals surface area contributed by atoms with E-state index in [1.165, 1.54) is 6.20 Å². The summed E-state index contributed by atoms with van der Waals surface area (Å²) in [5.41, 5.74) is 0.557. The molecule has 1 radical (unpaired) electrons. The number of fused-ring (bicyclic) bond motifs is 1. The Labute approximate surface area is 105 Å². The van der Waals surface area contributed by atoms with Gasteiger partial charge < -0.3 is 0 Å². The van der Waals surface area contributed by atoms with E-state index < -0.39 is 9.84 Å². The molecule has 4 nitrogen and oxygen atoms in total. The molecule has 1 aromatic carbocycles. The van der Waals surface area contributed by atoms with Crippen molar-refractivity contribution in [3.8, 4) is 0 Å². The predicted octanol–water partition coefficient (Wildman–Crippen LogP) is 2.10. The van der Waals surface area contributed by atoms with E-state index in [-0.39, 0.29) is 9.80 Å². The highest BCUT2D eigenvalue weighted by atomic mass is 32.2. The van der Waals surface area contributed by atoms with Crippen molar-refractivity contribution in [3.05, 3.63) is 60.4 Å². The molecule has 2 heterocycles. The molecule has 1 aliphatic heterocycles. The molecule has 0 aliphatic carbocycles. The van der Waals surface area contributed by atoms with Gasteiger partial charge in [0, 0.05) is 18.0 Å². The average molecular weight is 257 g/mol. The molecule has 89 valence electrons. The van der Waals surface area contributed by atoms with Gasteiger partial charge in [-0.2, -0.15) is 0 Å². The molecule has 5 heteroatoms. The van der Waals surface area contributed by atoms with Crippen molar-refractivity contribution in [1.82, 2.24) is 10.3 Å². The molecular formula is C13H9N2O2S. The lowest BCUT2D eigenvalue weighted by atomic mass is 10.3. The van der Waals surface area contributed by atoms with Crippen LogP contribution in [0.2, 0.25) is 0 Å². The van der Waals surface area contributed by atoms with Crippen LogP contribution in [-0.4, -0.2) is 13.4 Å². The molecule has 1 aliphatic rings. The van der Waals surface area contributed by atoms with Crippen molar-refractivity contribution in [2.24, 2.45) is 0 Å². The molecule has 2 aromatic rings. The molecule has 0 bridgehead atoms. The van der Waals surface area contributed by atoms with Crippen molar-refractivity contribution >= 4 is 20.6 Å². The highest BCUT2D eigenvalue weighted by Gasteiger charge is 2.28. The first-order valence-electron chi connectivity index (χ1n) is 5.36. The fourth-order valence-electron chi connectivity index (χ4n) is 1.82. The highest BCUT2D eigenvalue weighted by Crippen LogP contribution is 2.35. The highest BCUT2D eigenvalue weighted by molar-refractivity contribution is 8.00. The van der Waals surface area contributed by atoms with E-state index >= 15 is 0 Å². The Balaban J connectivity index is 2.14. The number of sulfone groups is 1. The first-order valence-corrected chi connectivity index (χ1v) is 6.84. The van der Waals surface area contributed by atoms with Crippen molar-refractivity contribution in [3.63, 3.8) is 0 Å². The molecule has 0 saturated heterocycles. The second kappa shape index (κ2) is 3.96. The molecule has 0 atom stereocenters. The average Bonchev–Trinajstić information content (AvgIpc) is 2.84. The summed E-state index contributed by atoms with van der Waals surface area (Å²) in [7, 11) is -3.52. The van der Waals surface area contributed by atoms with Crippen LogP contribution >= 0.6 is 0 Å². The number of hydrogen-bond acceptors (Lipinski definition) is 3. The van der Waals surface area contributed by atoms with Crippen LogP contribution in [0, 0.1) is 0 Å². The summed E-state index contributed by atoms with van der Waals surface area (Å²) in [6.45, 7) is 0. The Morgan fingerprint density at radius 3 is 2.50 bits per heavy atom. The van der Waals surface area contributed by atoms with Gasteiger partial charge in [-0.1, -0.05) is 18.2 Å². The van der Waals surface area contributed by atoms with Crippen LogP contribution < -0.4 is 5.32 Å². The monoisotopic (exact) mass is 257 g/mol. The molecule has 0 fully saturated rings. The van der Waals surface area contributed by atoms with E-state index in [1.807, 2.05) is 0 Å². The second-order valence-corrected chi connectivity index (χ2v) is 5.73. The molecule has 0 unspecified atom stereocenters. The maximum Gasteiger partial charge on any atom is 0.208 e. The lowest BCUT2D eigenvalue weighted by Crippen LogP contribution is -2.02. The number of aromatic nitrogens is 1. The van der Waals surface area contributed by atoms with E-state index in [1.54, 1.807) is 48.7 Å². The van der Waals surface area contributed by atoms with E-state index in [0.29, 0.717) is 11.4 Å². The van der Waals surface area contributed by atoms with Crippen molar-refractivity contribution in [2.75, 3.05) is 0 Å². The summed E-state index contributed by atoms with van der Waals surface area (Å²) in [4.78, 5) is 4.51. The largest absolute Gasteiger partial charge is 0.237 e. The molecule has 18 heavy (non-hydrogen) atoms. The Hall–Kier alpha value is -2.14. The van der Waals surface area contributed by atoms with Gasteiger partial charge in [0.2, 0.25) is 9.84 Å². The summed E-state index contributed by atoms with van der Waals surface area (Å²) in [6, 6.07) is 11.7. The third-order valence-corrected chi connectivity index (χ3v) is 4.50. The standard InChI is InChI=1S/C13H9N2O2S/c16-18(17,10-5-2-1-3-6-10)12-9-15-13-11(12)7-4-8-14-13/h1-9H. The lowest BCUT2D eigenvalue weighted by Gasteiger charge is -2.05. The minimum Gasteiger partial charge on any atom is -0.237 e. The first-order chi connectivity index (χ1) is 8.69. The van der Waals surface area contributed by atoms with Crippen molar-refractivity contribution < 1.29 is 8.42 Å². The number of rotatable bonds is 2. The van der Waals surface area contributed by atoms with E-state index in [0.717, 1.165) is 0 Å². The molecule has 0 saturated carbocycles. The Kier molecular flexibility index (Phi) is 2.41. The fraction of sp³-hybridized carbons (Fsp3) is 0. The maximum atomic E-state index is 12.4. The predicted molar refractivity (Wildman–Crippen MR) is 67.6 cm³/mol. The van der Waals surface area contributed by atoms with Gasteiger partial charge in [0.05, 0.1) is 4.90 Å². The zero-order valence-electron chi connectivity index (χ0n) is 9.32. The summed E-state index contributed by atoms with van der Waals surface area (Å²) in [6.07, 6.45) is 2.95. The van der Waals surface area contributed by atoms with E-state index in [4.69, 9.17) is 0 Å². The minimum absolute atomic E-state index is 0.205. The zero-order chi connectivity index (χ0) is 12.6. The Morgan fingerprint density at radius 1 is 0.944 bits per heavy atom. The molecule has 0 amide bonds. The van der Waals surface area contributed by atoms with Gasteiger partial charge in [0.25, 0.3) is 0 Å². The Morgan fingerprint density at radius 2 is 1.72 bits per heavy atom. The van der Waals surface area contributed by atoms with E-state index in [9.17, 15) is 8.42 Å². The third kappa shape index (κ3) is 1.60. The van der Waals surface area contributed by atoms with Gasteiger partial charge in [-0.15, -0.1) is 0 Å². The minimum atomic E-state index is -3.52. The van der Waals surface area contributed by atoms with Crippen LogP contribution in [0.25, 0.3) is 4.91 Å².